The first-order valence-corrected chi connectivity index (χ1v) is 8.99. The van der Waals surface area contributed by atoms with Crippen LogP contribution < -0.4 is 0 Å². The molecule has 7 heteroatoms. The molecule has 0 spiro atoms. The topological polar surface area (TPSA) is 18.5 Å². The molecular formula is C15H13BrCl4O2. The summed E-state index contributed by atoms with van der Waals surface area (Å²) in [6, 6.07) is 9.74. The fourth-order valence-corrected chi connectivity index (χ4v) is 7.30. The Morgan fingerprint density at radius 1 is 0.955 bits per heavy atom. The Balaban J connectivity index is 2.31. The van der Waals surface area contributed by atoms with Crippen LogP contribution in [0.15, 0.2) is 40.4 Å². The minimum absolute atomic E-state index is 0.253. The Kier molecular flexibility index (Phi) is 4.35. The number of hydrogen-bond acceptors (Lipinski definition) is 2. The number of methoxy groups -OCH3 is 2. The highest BCUT2D eigenvalue weighted by Gasteiger charge is 2.84. The lowest BCUT2D eigenvalue weighted by Crippen LogP contribution is -2.57. The average molecular weight is 447 g/mol. The summed E-state index contributed by atoms with van der Waals surface area (Å²) in [4.78, 5) is -2.78. The molecule has 1 fully saturated rings. The summed E-state index contributed by atoms with van der Waals surface area (Å²) in [7, 11) is 2.98. The van der Waals surface area contributed by atoms with Crippen LogP contribution in [0.4, 0.5) is 0 Å². The number of fused-ring (bicyclic) bond motifs is 2. The van der Waals surface area contributed by atoms with Crippen LogP contribution in [0.5, 0.6) is 0 Å². The second kappa shape index (κ2) is 5.52. The van der Waals surface area contributed by atoms with Crippen LogP contribution in [0.2, 0.25) is 0 Å². The largest absolute Gasteiger partial charge is 0.349 e. The monoisotopic (exact) mass is 444 g/mol. The minimum atomic E-state index is -1.38. The molecule has 120 valence electrons. The molecule has 2 bridgehead atoms. The van der Waals surface area contributed by atoms with Crippen LogP contribution >= 0.6 is 62.3 Å². The average Bonchev–Trinajstić information content (AvgIpc) is 2.77. The van der Waals surface area contributed by atoms with E-state index in [2.05, 4.69) is 15.9 Å². The van der Waals surface area contributed by atoms with Gasteiger partial charge in [-0.15, -0.1) is 23.2 Å². The summed E-state index contributed by atoms with van der Waals surface area (Å²) in [5.41, 5.74) is 0.975. The van der Waals surface area contributed by atoms with Crippen molar-refractivity contribution < 1.29 is 9.47 Å². The van der Waals surface area contributed by atoms with Gasteiger partial charge in [0.1, 0.15) is 4.87 Å². The lowest BCUT2D eigenvalue weighted by molar-refractivity contribution is -0.217. The van der Waals surface area contributed by atoms with Gasteiger partial charge in [-0.25, -0.2) is 0 Å². The van der Waals surface area contributed by atoms with E-state index in [0.29, 0.717) is 0 Å². The van der Waals surface area contributed by atoms with Crippen molar-refractivity contribution in [3.05, 3.63) is 46.0 Å². The van der Waals surface area contributed by atoms with Crippen molar-refractivity contribution in [2.75, 3.05) is 14.2 Å². The lowest BCUT2D eigenvalue weighted by Gasteiger charge is -2.41. The van der Waals surface area contributed by atoms with Gasteiger partial charge in [0.25, 0.3) is 0 Å². The van der Waals surface area contributed by atoms with Gasteiger partial charge in [0, 0.05) is 20.1 Å². The molecule has 4 atom stereocenters. The molecule has 0 radical (unpaired) electrons. The number of rotatable bonds is 3. The zero-order valence-corrected chi connectivity index (χ0v) is 16.4. The van der Waals surface area contributed by atoms with Gasteiger partial charge in [-0.1, -0.05) is 69.5 Å². The molecule has 0 aromatic heterocycles. The van der Waals surface area contributed by atoms with E-state index in [-0.39, 0.29) is 20.8 Å². The molecule has 0 amide bonds. The molecule has 1 aromatic rings. The predicted octanol–water partition coefficient (Wildman–Crippen LogP) is 5.19. The van der Waals surface area contributed by atoms with Gasteiger partial charge in [-0.2, -0.15) is 0 Å². The van der Waals surface area contributed by atoms with E-state index in [9.17, 15) is 0 Å². The predicted molar refractivity (Wildman–Crippen MR) is 94.5 cm³/mol. The summed E-state index contributed by atoms with van der Waals surface area (Å²) >= 11 is 30.5. The molecule has 2 aliphatic carbocycles. The lowest BCUT2D eigenvalue weighted by atomic mass is 9.85. The van der Waals surface area contributed by atoms with Crippen LogP contribution in [-0.4, -0.2) is 34.6 Å². The van der Waals surface area contributed by atoms with Crippen LogP contribution in [0.1, 0.15) is 11.5 Å². The van der Waals surface area contributed by atoms with Gasteiger partial charge < -0.3 is 9.47 Å². The third-order valence-corrected chi connectivity index (χ3v) is 8.71. The van der Waals surface area contributed by atoms with Gasteiger partial charge in [-0.05, 0) is 5.56 Å². The Morgan fingerprint density at radius 3 is 1.91 bits per heavy atom. The van der Waals surface area contributed by atoms with Crippen molar-refractivity contribution in [1.29, 1.82) is 0 Å². The van der Waals surface area contributed by atoms with Gasteiger partial charge in [0.15, 0.2) is 4.87 Å². The maximum absolute atomic E-state index is 7.01. The molecular weight excluding hydrogens is 434 g/mol. The normalized spacial score (nSPS) is 39.6. The summed E-state index contributed by atoms with van der Waals surface area (Å²) in [6.45, 7) is 0. The number of ether oxygens (including phenoxy) is 2. The first-order chi connectivity index (χ1) is 10.3. The van der Waals surface area contributed by atoms with E-state index in [4.69, 9.17) is 55.9 Å². The van der Waals surface area contributed by atoms with E-state index in [1.165, 1.54) is 14.2 Å². The van der Waals surface area contributed by atoms with E-state index in [1.54, 1.807) is 0 Å². The molecule has 3 rings (SSSR count). The summed E-state index contributed by atoms with van der Waals surface area (Å²) < 4.78 is 11.4. The van der Waals surface area contributed by atoms with Crippen molar-refractivity contribution >= 4 is 62.3 Å². The van der Waals surface area contributed by atoms with Gasteiger partial charge in [0.2, 0.25) is 5.79 Å². The molecule has 0 unspecified atom stereocenters. The van der Waals surface area contributed by atoms with Crippen molar-refractivity contribution in [2.24, 2.45) is 0 Å². The van der Waals surface area contributed by atoms with Crippen LogP contribution in [-0.2, 0) is 9.47 Å². The van der Waals surface area contributed by atoms with Gasteiger partial charge in [0.05, 0.1) is 14.9 Å². The third kappa shape index (κ3) is 1.67. The molecule has 2 aliphatic rings. The van der Waals surface area contributed by atoms with Crippen molar-refractivity contribution in [2.45, 2.75) is 26.3 Å². The number of alkyl halides is 3. The van der Waals surface area contributed by atoms with E-state index in [0.717, 1.165) is 5.56 Å². The highest BCUT2D eigenvalue weighted by molar-refractivity contribution is 9.09. The van der Waals surface area contributed by atoms with Crippen LogP contribution in [0.3, 0.4) is 0 Å². The van der Waals surface area contributed by atoms with Gasteiger partial charge in [-0.3, -0.25) is 0 Å². The molecule has 1 saturated carbocycles. The van der Waals surface area contributed by atoms with Crippen molar-refractivity contribution in [3.63, 3.8) is 0 Å². The fraction of sp³-hybridized carbons (Fsp3) is 0.467. The molecule has 2 nitrogen and oxygen atoms in total. The molecule has 0 heterocycles. The molecule has 1 aromatic carbocycles. The Hall–Kier alpha value is 0.520. The smallest absolute Gasteiger partial charge is 0.219 e. The molecule has 0 aliphatic heterocycles. The minimum Gasteiger partial charge on any atom is -0.349 e. The second-order valence-electron chi connectivity index (χ2n) is 5.37. The van der Waals surface area contributed by atoms with Crippen LogP contribution in [0, 0.1) is 0 Å². The summed E-state index contributed by atoms with van der Waals surface area (Å²) in [5.74, 6) is -1.66. The highest BCUT2D eigenvalue weighted by Crippen LogP contribution is 2.75. The summed E-state index contributed by atoms with van der Waals surface area (Å²) in [5, 5.41) is 0.516. The first kappa shape index (κ1) is 17.3. The molecule has 0 N–H and O–H groups in total. The van der Waals surface area contributed by atoms with E-state index in [1.807, 2.05) is 30.3 Å². The van der Waals surface area contributed by atoms with Gasteiger partial charge >= 0.3 is 0 Å². The van der Waals surface area contributed by atoms with E-state index < -0.39 is 15.5 Å². The standard InChI is InChI=1S/C15H13BrCl4O2/c1-21-15(22-2)13(19)9(8-6-4-3-5-7-8)10(16)14(15,20)12(18)11(13)17/h3-7,9-10H,1-2H3/t9-,10+,13-,14-/m0/s1. The Bertz CT molecular complexity index is 634. The fourth-order valence-electron chi connectivity index (χ4n) is 3.68. The molecule has 22 heavy (non-hydrogen) atoms. The summed E-state index contributed by atoms with van der Waals surface area (Å²) in [6.07, 6.45) is 0. The Morgan fingerprint density at radius 2 is 1.45 bits per heavy atom. The van der Waals surface area contributed by atoms with E-state index >= 15 is 0 Å². The number of benzene rings is 1. The van der Waals surface area contributed by atoms with Crippen LogP contribution in [0.25, 0.3) is 0 Å². The SMILES string of the molecule is COC1(OC)[C@@]2(Cl)C(Cl)=C(Cl)[C@@]1(Cl)[C@@H](c1ccccc1)[C@H]2Br. The maximum atomic E-state index is 7.01. The van der Waals surface area contributed by atoms with Crippen molar-refractivity contribution in [1.82, 2.24) is 0 Å². The Labute approximate surface area is 157 Å². The zero-order chi connectivity index (χ0) is 16.3. The molecule has 0 saturated heterocycles. The third-order valence-electron chi connectivity index (χ3n) is 4.62. The highest BCUT2D eigenvalue weighted by atomic mass is 79.9. The van der Waals surface area contributed by atoms with Crippen molar-refractivity contribution in [3.8, 4) is 0 Å². The quantitative estimate of drug-likeness (QED) is 0.469. The second-order valence-corrected chi connectivity index (χ2v) is 8.30. The maximum Gasteiger partial charge on any atom is 0.219 e. The number of hydrogen-bond donors (Lipinski definition) is 0. The number of halogens is 5. The first-order valence-electron chi connectivity index (χ1n) is 6.56. The zero-order valence-electron chi connectivity index (χ0n) is 11.7.